The normalized spacial score (nSPS) is 11.5. The number of aryl methyl sites for hydroxylation is 1. The number of hydrogen-bond acceptors (Lipinski definition) is 3. The molecule has 0 unspecified atom stereocenters. The molecule has 1 N–H and O–H groups in total. The molecule has 0 saturated carbocycles. The van der Waals surface area contributed by atoms with Gasteiger partial charge in [0.15, 0.2) is 6.61 Å². The van der Waals surface area contributed by atoms with Crippen molar-refractivity contribution in [2.45, 2.75) is 25.9 Å². The van der Waals surface area contributed by atoms with Crippen LogP contribution in [0.1, 0.15) is 16.7 Å². The standard InChI is InChI=1S/C26H26BrClN2O3/c1-18-7-6-10-20(13-18)16-30(23(26(32)29-2)14-19-8-4-3-5-9-19)25(31)17-33-24-12-11-21(28)15-22(24)27/h3-13,15,23H,14,16-17H2,1-2H3,(H,29,32)/t23-/m0/s1. The van der Waals surface area contributed by atoms with Gasteiger partial charge in [-0.25, -0.2) is 0 Å². The number of rotatable bonds is 9. The van der Waals surface area contributed by atoms with Crippen LogP contribution in [0.25, 0.3) is 0 Å². The highest BCUT2D eigenvalue weighted by atomic mass is 79.9. The Morgan fingerprint density at radius 2 is 1.76 bits per heavy atom. The highest BCUT2D eigenvalue weighted by Crippen LogP contribution is 2.28. The van der Waals surface area contributed by atoms with E-state index >= 15 is 0 Å². The lowest BCUT2D eigenvalue weighted by Gasteiger charge is -2.31. The van der Waals surface area contributed by atoms with Crippen LogP contribution in [0.5, 0.6) is 5.75 Å². The first kappa shape index (κ1) is 24.8. The van der Waals surface area contributed by atoms with Crippen molar-refractivity contribution in [1.82, 2.24) is 10.2 Å². The number of benzene rings is 3. The van der Waals surface area contributed by atoms with Crippen LogP contribution in [0.15, 0.2) is 77.3 Å². The molecule has 0 bridgehead atoms. The largest absolute Gasteiger partial charge is 0.483 e. The van der Waals surface area contributed by atoms with E-state index in [2.05, 4.69) is 21.2 Å². The molecule has 5 nitrogen and oxygen atoms in total. The molecule has 0 aromatic heterocycles. The van der Waals surface area contributed by atoms with E-state index in [4.69, 9.17) is 16.3 Å². The van der Waals surface area contributed by atoms with Gasteiger partial charge in [0, 0.05) is 25.0 Å². The minimum absolute atomic E-state index is 0.214. The Morgan fingerprint density at radius 1 is 1.03 bits per heavy atom. The predicted molar refractivity (Wildman–Crippen MR) is 134 cm³/mol. The van der Waals surface area contributed by atoms with E-state index in [9.17, 15) is 9.59 Å². The molecule has 3 aromatic rings. The van der Waals surface area contributed by atoms with Crippen molar-refractivity contribution in [3.8, 4) is 5.75 Å². The van der Waals surface area contributed by atoms with Gasteiger partial charge in [-0.05, 0) is 52.2 Å². The fraction of sp³-hybridized carbons (Fsp3) is 0.231. The average Bonchev–Trinajstić information content (AvgIpc) is 2.81. The van der Waals surface area contributed by atoms with Gasteiger partial charge in [0.05, 0.1) is 4.47 Å². The Bertz CT molecular complexity index is 1110. The molecule has 0 radical (unpaired) electrons. The first-order valence-electron chi connectivity index (χ1n) is 10.6. The van der Waals surface area contributed by atoms with Gasteiger partial charge in [0.25, 0.3) is 5.91 Å². The van der Waals surface area contributed by atoms with Gasteiger partial charge >= 0.3 is 0 Å². The Labute approximate surface area is 207 Å². The average molecular weight is 530 g/mol. The lowest BCUT2D eigenvalue weighted by Crippen LogP contribution is -2.51. The minimum Gasteiger partial charge on any atom is -0.483 e. The molecule has 0 saturated heterocycles. The van der Waals surface area contributed by atoms with E-state index in [1.165, 1.54) is 0 Å². The summed E-state index contributed by atoms with van der Waals surface area (Å²) >= 11 is 9.40. The predicted octanol–water partition coefficient (Wildman–Crippen LogP) is 5.18. The number of carbonyl (C=O) groups is 2. The van der Waals surface area contributed by atoms with Crippen molar-refractivity contribution in [3.05, 3.63) is 99.0 Å². The molecular formula is C26H26BrClN2O3. The first-order chi connectivity index (χ1) is 15.9. The van der Waals surface area contributed by atoms with E-state index in [1.807, 2.05) is 61.5 Å². The van der Waals surface area contributed by atoms with Crippen molar-refractivity contribution in [1.29, 1.82) is 0 Å². The fourth-order valence-corrected chi connectivity index (χ4v) is 4.34. The van der Waals surface area contributed by atoms with Crippen molar-refractivity contribution in [2.75, 3.05) is 13.7 Å². The number of hydrogen-bond donors (Lipinski definition) is 1. The van der Waals surface area contributed by atoms with Gasteiger partial charge in [-0.1, -0.05) is 71.8 Å². The third-order valence-electron chi connectivity index (χ3n) is 5.20. The van der Waals surface area contributed by atoms with E-state index in [0.717, 1.165) is 16.7 Å². The van der Waals surface area contributed by atoms with E-state index < -0.39 is 6.04 Å². The zero-order valence-corrected chi connectivity index (χ0v) is 20.9. The molecule has 0 spiro atoms. The third-order valence-corrected chi connectivity index (χ3v) is 6.05. The van der Waals surface area contributed by atoms with E-state index in [1.54, 1.807) is 30.1 Å². The quantitative estimate of drug-likeness (QED) is 0.416. The molecule has 7 heteroatoms. The van der Waals surface area contributed by atoms with E-state index in [-0.39, 0.29) is 25.0 Å². The summed E-state index contributed by atoms with van der Waals surface area (Å²) in [4.78, 5) is 27.9. The molecule has 33 heavy (non-hydrogen) atoms. The Hall–Kier alpha value is -2.83. The summed E-state index contributed by atoms with van der Waals surface area (Å²) in [6, 6.07) is 22.0. The molecule has 1 atom stereocenters. The molecular weight excluding hydrogens is 504 g/mol. The molecule has 172 valence electrons. The highest BCUT2D eigenvalue weighted by molar-refractivity contribution is 9.10. The van der Waals surface area contributed by atoms with Crippen LogP contribution in [0.4, 0.5) is 0 Å². The maximum absolute atomic E-state index is 13.4. The molecule has 0 aliphatic carbocycles. The topological polar surface area (TPSA) is 58.6 Å². The highest BCUT2D eigenvalue weighted by Gasteiger charge is 2.30. The van der Waals surface area contributed by atoms with E-state index in [0.29, 0.717) is 21.7 Å². The number of likely N-dealkylation sites (N-methyl/N-ethyl adjacent to an activating group) is 1. The maximum Gasteiger partial charge on any atom is 0.261 e. The van der Waals surface area contributed by atoms with Gasteiger partial charge in [-0.2, -0.15) is 0 Å². The lowest BCUT2D eigenvalue weighted by molar-refractivity contribution is -0.142. The van der Waals surface area contributed by atoms with Crippen LogP contribution in [-0.4, -0.2) is 36.4 Å². The lowest BCUT2D eigenvalue weighted by atomic mass is 10.0. The number of halogens is 2. The monoisotopic (exact) mass is 528 g/mol. The van der Waals surface area contributed by atoms with Gasteiger partial charge in [0.2, 0.25) is 5.91 Å². The summed E-state index contributed by atoms with van der Waals surface area (Å²) in [5.74, 6) is -0.0155. The van der Waals surface area contributed by atoms with Gasteiger partial charge in [-0.3, -0.25) is 9.59 Å². The summed E-state index contributed by atoms with van der Waals surface area (Å²) in [5, 5.41) is 3.27. The molecule has 0 aliphatic heterocycles. The summed E-state index contributed by atoms with van der Waals surface area (Å²) in [6.45, 7) is 2.07. The Balaban J connectivity index is 1.88. The SMILES string of the molecule is CNC(=O)[C@H](Cc1ccccc1)N(Cc1cccc(C)c1)C(=O)COc1ccc(Cl)cc1Br. The molecule has 2 amide bonds. The second kappa shape index (κ2) is 11.9. The fourth-order valence-electron chi connectivity index (χ4n) is 3.54. The second-order valence-corrected chi connectivity index (χ2v) is 8.98. The van der Waals surface area contributed by atoms with Gasteiger partial charge < -0.3 is 15.0 Å². The number of carbonyl (C=O) groups excluding carboxylic acids is 2. The summed E-state index contributed by atoms with van der Waals surface area (Å²) in [7, 11) is 1.58. The summed E-state index contributed by atoms with van der Waals surface area (Å²) in [5.41, 5.74) is 2.99. The van der Waals surface area contributed by atoms with Crippen molar-refractivity contribution in [3.63, 3.8) is 0 Å². The van der Waals surface area contributed by atoms with Crippen LogP contribution in [0.2, 0.25) is 5.02 Å². The smallest absolute Gasteiger partial charge is 0.261 e. The Morgan fingerprint density at radius 3 is 2.42 bits per heavy atom. The number of amides is 2. The third kappa shape index (κ3) is 7.07. The summed E-state index contributed by atoms with van der Waals surface area (Å²) in [6.07, 6.45) is 0.392. The van der Waals surface area contributed by atoms with Crippen molar-refractivity contribution < 1.29 is 14.3 Å². The first-order valence-corrected chi connectivity index (χ1v) is 11.7. The van der Waals surface area contributed by atoms with Gasteiger partial charge in [-0.15, -0.1) is 0 Å². The zero-order valence-electron chi connectivity index (χ0n) is 18.6. The zero-order chi connectivity index (χ0) is 23.8. The van der Waals surface area contributed by atoms with Crippen LogP contribution in [0, 0.1) is 6.92 Å². The molecule has 0 aliphatic rings. The van der Waals surface area contributed by atoms with Crippen LogP contribution in [-0.2, 0) is 22.6 Å². The van der Waals surface area contributed by atoms with Crippen molar-refractivity contribution in [2.24, 2.45) is 0 Å². The molecule has 3 aromatic carbocycles. The molecule has 3 rings (SSSR count). The molecule has 0 fully saturated rings. The van der Waals surface area contributed by atoms with Crippen LogP contribution < -0.4 is 10.1 Å². The van der Waals surface area contributed by atoms with Crippen LogP contribution >= 0.6 is 27.5 Å². The number of ether oxygens (including phenoxy) is 1. The molecule has 0 heterocycles. The Kier molecular flexibility index (Phi) is 8.92. The second-order valence-electron chi connectivity index (χ2n) is 7.69. The van der Waals surface area contributed by atoms with Crippen molar-refractivity contribution >= 4 is 39.3 Å². The minimum atomic E-state index is -0.692. The van der Waals surface area contributed by atoms with Gasteiger partial charge in [0.1, 0.15) is 11.8 Å². The summed E-state index contributed by atoms with van der Waals surface area (Å²) < 4.78 is 6.43. The number of nitrogens with zero attached hydrogens (tertiary/aromatic N) is 1. The maximum atomic E-state index is 13.4. The number of nitrogens with one attached hydrogen (secondary N) is 1. The van der Waals surface area contributed by atoms with Crippen LogP contribution in [0.3, 0.4) is 0 Å².